The first-order valence-corrected chi connectivity index (χ1v) is 9.92. The third kappa shape index (κ3) is 2.19. The summed E-state index contributed by atoms with van der Waals surface area (Å²) in [4.78, 5) is 29.5. The van der Waals surface area contributed by atoms with Crippen LogP contribution in [-0.4, -0.2) is 52.5 Å². The molecule has 0 aromatic heterocycles. The van der Waals surface area contributed by atoms with Crippen LogP contribution >= 0.6 is 0 Å². The summed E-state index contributed by atoms with van der Waals surface area (Å²) in [5.41, 5.74) is 0.0292. The van der Waals surface area contributed by atoms with E-state index in [4.69, 9.17) is 0 Å². The molecular formula is C19H29N3O2. The predicted molar refractivity (Wildman–Crippen MR) is 90.3 cm³/mol. The second kappa shape index (κ2) is 5.12. The molecule has 3 amide bonds. The molecule has 2 saturated heterocycles. The number of fused-ring (bicyclic) bond motifs is 1. The van der Waals surface area contributed by atoms with Gasteiger partial charge in [0.15, 0.2) is 0 Å². The van der Waals surface area contributed by atoms with Gasteiger partial charge in [0.25, 0.3) is 0 Å². The maximum atomic E-state index is 13.1. The summed E-state index contributed by atoms with van der Waals surface area (Å²) in [5, 5.41) is 3.44. The van der Waals surface area contributed by atoms with Crippen molar-refractivity contribution in [1.82, 2.24) is 15.1 Å². The van der Waals surface area contributed by atoms with E-state index in [1.807, 2.05) is 16.7 Å². The molecule has 0 unspecified atom stereocenters. The molecular weight excluding hydrogens is 302 g/mol. The van der Waals surface area contributed by atoms with Crippen molar-refractivity contribution in [3.05, 3.63) is 0 Å². The average molecular weight is 331 g/mol. The highest BCUT2D eigenvalue weighted by Crippen LogP contribution is 2.55. The van der Waals surface area contributed by atoms with Gasteiger partial charge in [0.1, 0.15) is 6.04 Å². The minimum absolute atomic E-state index is 0.0179. The van der Waals surface area contributed by atoms with Crippen molar-refractivity contribution < 1.29 is 9.59 Å². The summed E-state index contributed by atoms with van der Waals surface area (Å²) in [7, 11) is 0. The van der Waals surface area contributed by atoms with Crippen LogP contribution in [0.4, 0.5) is 4.79 Å². The maximum absolute atomic E-state index is 13.1. The lowest BCUT2D eigenvalue weighted by Crippen LogP contribution is -2.66. The lowest BCUT2D eigenvalue weighted by Gasteiger charge is -2.57. The molecule has 2 heterocycles. The number of hydrogen-bond acceptors (Lipinski definition) is 2. The molecule has 0 aromatic carbocycles. The predicted octanol–water partition coefficient (Wildman–Crippen LogP) is 2.36. The van der Waals surface area contributed by atoms with Crippen LogP contribution in [0.2, 0.25) is 0 Å². The number of urea groups is 1. The van der Waals surface area contributed by atoms with Crippen LogP contribution in [0.3, 0.4) is 0 Å². The monoisotopic (exact) mass is 331 g/mol. The first-order valence-electron chi connectivity index (χ1n) is 9.92. The van der Waals surface area contributed by atoms with Gasteiger partial charge >= 0.3 is 6.03 Å². The minimum atomic E-state index is -0.312. The standard InChI is InChI=1S/C19H29N3O2/c1-12-17(23)21-4-2-3-16(21)11-22(12)18(24)20-19-8-13-5-14(9-19)7-15(6-13)10-19/h12-16H,2-11H2,1H3,(H,20,24)/t12-,13?,14?,15?,16+,19?/m0/s1. The van der Waals surface area contributed by atoms with Gasteiger partial charge in [-0.15, -0.1) is 0 Å². The zero-order valence-corrected chi connectivity index (χ0v) is 14.7. The van der Waals surface area contributed by atoms with Gasteiger partial charge in [0.05, 0.1) is 0 Å². The number of hydrogen-bond donors (Lipinski definition) is 1. The van der Waals surface area contributed by atoms with Crippen molar-refractivity contribution in [3.63, 3.8) is 0 Å². The average Bonchev–Trinajstić information content (AvgIpc) is 2.97. The molecule has 4 bridgehead atoms. The van der Waals surface area contributed by atoms with Gasteiger partial charge in [-0.05, 0) is 76.0 Å². The second-order valence-corrected chi connectivity index (χ2v) is 9.28. The molecule has 0 radical (unpaired) electrons. The molecule has 2 aliphatic heterocycles. The quantitative estimate of drug-likeness (QED) is 0.802. The molecule has 1 N–H and O–H groups in total. The first kappa shape index (κ1) is 15.0. The third-order valence-corrected chi connectivity index (χ3v) is 7.56. The van der Waals surface area contributed by atoms with Crippen molar-refractivity contribution in [1.29, 1.82) is 0 Å². The molecule has 5 heteroatoms. The lowest BCUT2D eigenvalue weighted by atomic mass is 9.53. The first-order chi connectivity index (χ1) is 11.5. The van der Waals surface area contributed by atoms with Gasteiger partial charge in [0.2, 0.25) is 5.91 Å². The van der Waals surface area contributed by atoms with Gasteiger partial charge in [-0.1, -0.05) is 0 Å². The maximum Gasteiger partial charge on any atom is 0.318 e. The number of piperazine rings is 1. The Morgan fingerprint density at radius 2 is 1.75 bits per heavy atom. The van der Waals surface area contributed by atoms with Crippen LogP contribution in [0.1, 0.15) is 58.3 Å². The fraction of sp³-hybridized carbons (Fsp3) is 0.895. The lowest BCUT2D eigenvalue weighted by molar-refractivity contribution is -0.141. The topological polar surface area (TPSA) is 52.7 Å². The van der Waals surface area contributed by atoms with E-state index in [2.05, 4.69) is 5.32 Å². The smallest absolute Gasteiger partial charge is 0.318 e. The minimum Gasteiger partial charge on any atom is -0.336 e. The van der Waals surface area contributed by atoms with Crippen molar-refractivity contribution in [3.8, 4) is 0 Å². The van der Waals surface area contributed by atoms with Gasteiger partial charge in [-0.3, -0.25) is 4.79 Å². The van der Waals surface area contributed by atoms with Gasteiger partial charge < -0.3 is 15.1 Å². The second-order valence-electron chi connectivity index (χ2n) is 9.28. The molecule has 6 rings (SSSR count). The van der Waals surface area contributed by atoms with Crippen LogP contribution in [0.5, 0.6) is 0 Å². The normalized spacial score (nSPS) is 46.4. The van der Waals surface area contributed by atoms with E-state index >= 15 is 0 Å². The van der Waals surface area contributed by atoms with Crippen LogP contribution in [0.15, 0.2) is 0 Å². The molecule has 5 nitrogen and oxygen atoms in total. The van der Waals surface area contributed by atoms with Crippen LogP contribution < -0.4 is 5.32 Å². The molecule has 0 spiro atoms. The molecule has 6 fully saturated rings. The van der Waals surface area contributed by atoms with Crippen LogP contribution in [-0.2, 0) is 4.79 Å². The van der Waals surface area contributed by atoms with E-state index in [9.17, 15) is 9.59 Å². The number of carbonyl (C=O) groups excluding carboxylic acids is 2. The van der Waals surface area contributed by atoms with E-state index in [0.29, 0.717) is 6.54 Å². The molecule has 6 aliphatic rings. The summed E-state index contributed by atoms with van der Waals surface area (Å²) in [5.74, 6) is 2.61. The summed E-state index contributed by atoms with van der Waals surface area (Å²) in [6, 6.07) is -0.0478. The molecule has 24 heavy (non-hydrogen) atoms. The molecule has 4 saturated carbocycles. The summed E-state index contributed by atoms with van der Waals surface area (Å²) in [6.45, 7) is 3.49. The Kier molecular flexibility index (Phi) is 3.21. The van der Waals surface area contributed by atoms with E-state index in [1.165, 1.54) is 19.3 Å². The Balaban J connectivity index is 1.32. The SMILES string of the molecule is C[C@H]1C(=O)N2CCC[C@@H]2CN1C(=O)NC12CC3CC(CC(C3)C1)C2. The van der Waals surface area contributed by atoms with Crippen LogP contribution in [0, 0.1) is 17.8 Å². The number of amides is 3. The van der Waals surface area contributed by atoms with Crippen molar-refractivity contribution in [2.24, 2.45) is 17.8 Å². The summed E-state index contributed by atoms with van der Waals surface area (Å²) in [6.07, 6.45) is 9.75. The number of carbonyl (C=O) groups is 2. The summed E-state index contributed by atoms with van der Waals surface area (Å²) >= 11 is 0. The van der Waals surface area contributed by atoms with Gasteiger partial charge in [-0.25, -0.2) is 4.79 Å². The highest BCUT2D eigenvalue weighted by atomic mass is 16.2. The Morgan fingerprint density at radius 1 is 1.12 bits per heavy atom. The van der Waals surface area contributed by atoms with Crippen molar-refractivity contribution in [2.75, 3.05) is 13.1 Å². The molecule has 4 aliphatic carbocycles. The fourth-order valence-corrected chi connectivity index (χ4v) is 6.90. The molecule has 2 atom stereocenters. The van der Waals surface area contributed by atoms with E-state index in [0.717, 1.165) is 56.4 Å². The number of nitrogens with zero attached hydrogens (tertiary/aromatic N) is 2. The number of rotatable bonds is 1. The Labute approximate surface area is 144 Å². The van der Waals surface area contributed by atoms with E-state index in [1.54, 1.807) is 0 Å². The van der Waals surface area contributed by atoms with Gasteiger partial charge in [-0.2, -0.15) is 0 Å². The van der Waals surface area contributed by atoms with E-state index < -0.39 is 0 Å². The Bertz CT molecular complexity index is 540. The van der Waals surface area contributed by atoms with E-state index in [-0.39, 0.29) is 29.6 Å². The highest BCUT2D eigenvalue weighted by Gasteiger charge is 2.52. The fourth-order valence-electron chi connectivity index (χ4n) is 6.90. The van der Waals surface area contributed by atoms with Crippen molar-refractivity contribution in [2.45, 2.75) is 75.9 Å². The largest absolute Gasteiger partial charge is 0.336 e. The van der Waals surface area contributed by atoms with Crippen molar-refractivity contribution >= 4 is 11.9 Å². The third-order valence-electron chi connectivity index (χ3n) is 7.56. The Morgan fingerprint density at radius 3 is 2.38 bits per heavy atom. The Hall–Kier alpha value is -1.26. The zero-order valence-electron chi connectivity index (χ0n) is 14.7. The van der Waals surface area contributed by atoms with Gasteiger partial charge in [0, 0.05) is 24.7 Å². The van der Waals surface area contributed by atoms with Crippen LogP contribution in [0.25, 0.3) is 0 Å². The highest BCUT2D eigenvalue weighted by molar-refractivity contribution is 5.88. The molecule has 132 valence electrons. The summed E-state index contributed by atoms with van der Waals surface area (Å²) < 4.78 is 0. The molecule has 0 aromatic rings. The number of nitrogens with one attached hydrogen (secondary N) is 1. The zero-order chi connectivity index (χ0) is 16.5.